The lowest BCUT2D eigenvalue weighted by Crippen LogP contribution is -2.48. The lowest BCUT2D eigenvalue weighted by Gasteiger charge is -2.35. The van der Waals surface area contributed by atoms with Gasteiger partial charge in [-0.2, -0.15) is 0 Å². The maximum atomic E-state index is 12.9. The van der Waals surface area contributed by atoms with Gasteiger partial charge in [0.25, 0.3) is 5.91 Å². The van der Waals surface area contributed by atoms with Crippen molar-refractivity contribution in [3.8, 4) is 23.0 Å². The van der Waals surface area contributed by atoms with Gasteiger partial charge in [-0.05, 0) is 30.7 Å². The zero-order chi connectivity index (χ0) is 21.7. The fourth-order valence-electron chi connectivity index (χ4n) is 3.77. The van der Waals surface area contributed by atoms with Crippen LogP contribution in [0.25, 0.3) is 0 Å². The number of ether oxygens (including phenoxy) is 4. The van der Waals surface area contributed by atoms with Gasteiger partial charge >= 0.3 is 0 Å². The van der Waals surface area contributed by atoms with E-state index in [0.717, 1.165) is 30.0 Å². The van der Waals surface area contributed by atoms with Gasteiger partial charge < -0.3 is 23.8 Å². The molecule has 0 spiro atoms. The molecule has 1 aliphatic heterocycles. The number of rotatable bonds is 7. The fourth-order valence-corrected chi connectivity index (χ4v) is 3.77. The van der Waals surface area contributed by atoms with Crippen LogP contribution in [0.15, 0.2) is 30.3 Å². The van der Waals surface area contributed by atoms with Gasteiger partial charge in [-0.1, -0.05) is 12.1 Å². The highest BCUT2D eigenvalue weighted by Crippen LogP contribution is 2.40. The monoisotopic (exact) mass is 414 g/mol. The van der Waals surface area contributed by atoms with Crippen LogP contribution in [0, 0.1) is 6.92 Å². The molecule has 0 atom stereocenters. The number of piperazine rings is 1. The molecule has 2 aromatic rings. The molecule has 30 heavy (non-hydrogen) atoms. The number of hydrogen-bond donors (Lipinski definition) is 0. The third-order valence-corrected chi connectivity index (χ3v) is 5.49. The van der Waals surface area contributed by atoms with Crippen molar-refractivity contribution < 1.29 is 23.7 Å². The Morgan fingerprint density at radius 2 is 1.50 bits per heavy atom. The molecule has 0 aromatic heterocycles. The number of carbonyl (C=O) groups excluding carboxylic acids is 1. The molecule has 0 radical (unpaired) electrons. The molecule has 1 fully saturated rings. The molecule has 2 aromatic carbocycles. The van der Waals surface area contributed by atoms with E-state index >= 15 is 0 Å². The van der Waals surface area contributed by atoms with Crippen LogP contribution in [0.5, 0.6) is 23.0 Å². The van der Waals surface area contributed by atoms with Gasteiger partial charge in [0.1, 0.15) is 5.75 Å². The third kappa shape index (κ3) is 4.46. The first kappa shape index (κ1) is 21.8. The summed E-state index contributed by atoms with van der Waals surface area (Å²) >= 11 is 0. The highest BCUT2D eigenvalue weighted by atomic mass is 16.5. The second-order valence-electron chi connectivity index (χ2n) is 7.25. The summed E-state index contributed by atoms with van der Waals surface area (Å²) in [5, 5.41) is 0. The van der Waals surface area contributed by atoms with E-state index in [-0.39, 0.29) is 5.91 Å². The van der Waals surface area contributed by atoms with E-state index in [9.17, 15) is 4.79 Å². The molecule has 1 amide bonds. The van der Waals surface area contributed by atoms with Gasteiger partial charge in [0, 0.05) is 43.9 Å². The van der Waals surface area contributed by atoms with Crippen LogP contribution in [0.2, 0.25) is 0 Å². The molecule has 3 rings (SSSR count). The number of hydrogen-bond acceptors (Lipinski definition) is 6. The average molecular weight is 415 g/mol. The number of methoxy groups -OCH3 is 4. The SMILES string of the molecule is COc1cc(C(=O)N2CCN(Cc3ccc(OC)c(OC)c3OC)CC2)ccc1C. The van der Waals surface area contributed by atoms with Crippen molar-refractivity contribution in [2.45, 2.75) is 13.5 Å². The molecule has 7 nitrogen and oxygen atoms in total. The zero-order valence-corrected chi connectivity index (χ0v) is 18.4. The molecule has 1 heterocycles. The molecular formula is C23H30N2O5. The summed E-state index contributed by atoms with van der Waals surface area (Å²) in [6.07, 6.45) is 0. The van der Waals surface area contributed by atoms with Crippen molar-refractivity contribution in [2.24, 2.45) is 0 Å². The lowest BCUT2D eigenvalue weighted by atomic mass is 10.1. The second kappa shape index (κ2) is 9.71. The predicted octanol–water partition coefficient (Wildman–Crippen LogP) is 2.99. The highest BCUT2D eigenvalue weighted by Gasteiger charge is 2.24. The van der Waals surface area contributed by atoms with Crippen molar-refractivity contribution >= 4 is 5.91 Å². The average Bonchev–Trinajstić information content (AvgIpc) is 2.79. The Labute approximate surface area is 178 Å². The minimum atomic E-state index is 0.0386. The predicted molar refractivity (Wildman–Crippen MR) is 115 cm³/mol. The van der Waals surface area contributed by atoms with Crippen molar-refractivity contribution in [2.75, 3.05) is 54.6 Å². The summed E-state index contributed by atoms with van der Waals surface area (Å²) in [5.41, 5.74) is 2.70. The van der Waals surface area contributed by atoms with Crippen LogP contribution in [-0.2, 0) is 6.54 Å². The minimum absolute atomic E-state index is 0.0386. The zero-order valence-electron chi connectivity index (χ0n) is 18.4. The van der Waals surface area contributed by atoms with Crippen molar-refractivity contribution in [1.82, 2.24) is 9.80 Å². The van der Waals surface area contributed by atoms with E-state index in [0.29, 0.717) is 42.4 Å². The summed E-state index contributed by atoms with van der Waals surface area (Å²) in [6.45, 7) is 5.59. The minimum Gasteiger partial charge on any atom is -0.496 e. The third-order valence-electron chi connectivity index (χ3n) is 5.49. The molecule has 1 aliphatic rings. The van der Waals surface area contributed by atoms with Crippen LogP contribution in [0.3, 0.4) is 0 Å². The number of amides is 1. The van der Waals surface area contributed by atoms with Crippen LogP contribution < -0.4 is 18.9 Å². The molecule has 7 heteroatoms. The van der Waals surface area contributed by atoms with E-state index in [1.165, 1.54) is 0 Å². The van der Waals surface area contributed by atoms with E-state index in [2.05, 4.69) is 4.90 Å². The first-order valence-electron chi connectivity index (χ1n) is 9.96. The van der Waals surface area contributed by atoms with Crippen molar-refractivity contribution in [3.63, 3.8) is 0 Å². The Morgan fingerprint density at radius 3 is 2.10 bits per heavy atom. The molecule has 0 bridgehead atoms. The topological polar surface area (TPSA) is 60.5 Å². The van der Waals surface area contributed by atoms with Gasteiger partial charge in [0.05, 0.1) is 28.4 Å². The van der Waals surface area contributed by atoms with Crippen molar-refractivity contribution in [1.29, 1.82) is 0 Å². The standard InChI is InChI=1S/C23H30N2O5/c1-16-6-7-17(14-20(16)28-3)23(26)25-12-10-24(11-13-25)15-18-8-9-19(27-2)22(30-5)21(18)29-4/h6-9,14H,10-13,15H2,1-5H3. The summed E-state index contributed by atoms with van der Waals surface area (Å²) < 4.78 is 21.8. The number of carbonyl (C=O) groups is 1. The number of nitrogens with zero attached hydrogens (tertiary/aromatic N) is 2. The second-order valence-corrected chi connectivity index (χ2v) is 7.25. The van der Waals surface area contributed by atoms with Crippen LogP contribution in [-0.4, -0.2) is 70.3 Å². The van der Waals surface area contributed by atoms with Gasteiger partial charge in [-0.15, -0.1) is 0 Å². The van der Waals surface area contributed by atoms with Gasteiger partial charge in [-0.3, -0.25) is 9.69 Å². The van der Waals surface area contributed by atoms with E-state index in [1.54, 1.807) is 28.4 Å². The Hall–Kier alpha value is -2.93. The summed E-state index contributed by atoms with van der Waals surface area (Å²) in [6, 6.07) is 9.49. The Balaban J connectivity index is 1.66. The summed E-state index contributed by atoms with van der Waals surface area (Å²) in [4.78, 5) is 17.1. The van der Waals surface area contributed by atoms with Gasteiger partial charge in [0.15, 0.2) is 11.5 Å². The van der Waals surface area contributed by atoms with Crippen LogP contribution in [0.1, 0.15) is 21.5 Å². The van der Waals surface area contributed by atoms with Crippen LogP contribution >= 0.6 is 0 Å². The number of benzene rings is 2. The largest absolute Gasteiger partial charge is 0.496 e. The molecule has 0 N–H and O–H groups in total. The summed E-state index contributed by atoms with van der Waals surface area (Å²) in [5.74, 6) is 2.69. The highest BCUT2D eigenvalue weighted by molar-refractivity contribution is 5.94. The molecule has 0 aliphatic carbocycles. The number of aryl methyl sites for hydroxylation is 1. The maximum absolute atomic E-state index is 12.9. The first-order chi connectivity index (χ1) is 14.5. The van der Waals surface area contributed by atoms with Crippen LogP contribution in [0.4, 0.5) is 0 Å². The van der Waals surface area contributed by atoms with E-state index < -0.39 is 0 Å². The molecule has 0 unspecified atom stereocenters. The molecule has 1 saturated heterocycles. The smallest absolute Gasteiger partial charge is 0.254 e. The Kier molecular flexibility index (Phi) is 7.05. The van der Waals surface area contributed by atoms with Gasteiger partial charge in [-0.25, -0.2) is 0 Å². The molecule has 0 saturated carbocycles. The first-order valence-corrected chi connectivity index (χ1v) is 9.96. The molecule has 162 valence electrons. The summed E-state index contributed by atoms with van der Waals surface area (Å²) in [7, 11) is 6.47. The van der Waals surface area contributed by atoms with Gasteiger partial charge in [0.2, 0.25) is 5.75 Å². The molecular weight excluding hydrogens is 384 g/mol. The lowest BCUT2D eigenvalue weighted by molar-refractivity contribution is 0.0627. The Morgan fingerprint density at radius 1 is 0.833 bits per heavy atom. The van der Waals surface area contributed by atoms with E-state index in [1.807, 2.05) is 42.2 Å². The van der Waals surface area contributed by atoms with Crippen molar-refractivity contribution in [3.05, 3.63) is 47.0 Å². The maximum Gasteiger partial charge on any atom is 0.254 e. The fraction of sp³-hybridized carbons (Fsp3) is 0.435. The quantitative estimate of drug-likeness (QED) is 0.694. The van der Waals surface area contributed by atoms with E-state index in [4.69, 9.17) is 18.9 Å². The normalized spacial score (nSPS) is 14.4. The Bertz CT molecular complexity index is 891.